The first-order chi connectivity index (χ1) is 10.6. The molecule has 1 amide bonds. The van der Waals surface area contributed by atoms with E-state index in [0.717, 1.165) is 11.3 Å². The van der Waals surface area contributed by atoms with Crippen LogP contribution in [-0.4, -0.2) is 17.1 Å². The van der Waals surface area contributed by atoms with Gasteiger partial charge in [0.05, 0.1) is 12.1 Å². The number of fused-ring (bicyclic) bond motifs is 1. The summed E-state index contributed by atoms with van der Waals surface area (Å²) in [5.41, 5.74) is 4.31. The summed E-state index contributed by atoms with van der Waals surface area (Å²) in [5.74, 6) is -0.0726. The fourth-order valence-corrected chi connectivity index (χ4v) is 2.96. The largest absolute Gasteiger partial charge is 0.391 e. The Kier molecular flexibility index (Phi) is 4.22. The minimum Gasteiger partial charge on any atom is -0.391 e. The van der Waals surface area contributed by atoms with Crippen LogP contribution in [0.4, 0.5) is 5.69 Å². The van der Waals surface area contributed by atoms with Crippen molar-refractivity contribution in [2.75, 3.05) is 5.32 Å². The van der Waals surface area contributed by atoms with Gasteiger partial charge in [-0.05, 0) is 28.8 Å². The van der Waals surface area contributed by atoms with Crippen LogP contribution < -0.4 is 10.6 Å². The maximum Gasteiger partial charge on any atom is 0.221 e. The third kappa shape index (κ3) is 3.18. The Morgan fingerprint density at radius 2 is 1.91 bits per heavy atom. The Morgan fingerprint density at radius 1 is 1.18 bits per heavy atom. The highest BCUT2D eigenvalue weighted by molar-refractivity contribution is 5.88. The van der Waals surface area contributed by atoms with Gasteiger partial charge in [-0.2, -0.15) is 0 Å². The Labute approximate surface area is 130 Å². The van der Waals surface area contributed by atoms with Gasteiger partial charge in [0, 0.05) is 25.6 Å². The molecule has 22 heavy (non-hydrogen) atoms. The number of aliphatic hydroxyl groups excluding tert-OH is 1. The van der Waals surface area contributed by atoms with Gasteiger partial charge in [0.25, 0.3) is 0 Å². The molecule has 1 aliphatic rings. The lowest BCUT2D eigenvalue weighted by Crippen LogP contribution is -2.28. The molecule has 0 radical (unpaired) electrons. The number of carbonyl (C=O) groups excluding carboxylic acids is 1. The molecule has 2 aromatic rings. The second kappa shape index (κ2) is 6.30. The number of carbonyl (C=O) groups is 1. The van der Waals surface area contributed by atoms with Crippen LogP contribution in [0.3, 0.4) is 0 Å². The quantitative estimate of drug-likeness (QED) is 0.812. The fraction of sp³-hybridized carbons (Fsp3) is 0.278. The first-order valence-electron chi connectivity index (χ1n) is 7.49. The Balaban J connectivity index is 1.64. The molecule has 0 spiro atoms. The lowest BCUT2D eigenvalue weighted by molar-refractivity contribution is -0.114. The second-order valence-corrected chi connectivity index (χ2v) is 5.71. The maximum atomic E-state index is 11.0. The van der Waals surface area contributed by atoms with Gasteiger partial charge >= 0.3 is 0 Å². The number of benzene rings is 2. The molecule has 0 saturated heterocycles. The summed E-state index contributed by atoms with van der Waals surface area (Å²) in [7, 11) is 0. The number of hydrogen-bond donors (Lipinski definition) is 3. The molecule has 0 bridgehead atoms. The Hall–Kier alpha value is -2.17. The summed E-state index contributed by atoms with van der Waals surface area (Å²) in [5, 5.41) is 16.4. The third-order valence-electron chi connectivity index (χ3n) is 4.00. The van der Waals surface area contributed by atoms with Gasteiger partial charge in [-0.1, -0.05) is 36.4 Å². The summed E-state index contributed by atoms with van der Waals surface area (Å²) in [4.78, 5) is 11.0. The minimum atomic E-state index is -0.379. The van der Waals surface area contributed by atoms with Crippen LogP contribution >= 0.6 is 0 Å². The van der Waals surface area contributed by atoms with Gasteiger partial charge in [0.1, 0.15) is 0 Å². The molecular weight excluding hydrogens is 276 g/mol. The molecule has 4 heteroatoms. The fourth-order valence-electron chi connectivity index (χ4n) is 2.96. The molecule has 0 aromatic heterocycles. The standard InChI is InChI=1S/C18H20N2O2/c1-12(21)20-15-8-6-13(7-9-15)11-19-18-16-5-3-2-4-14(16)10-17(18)22/h2-9,17-19,22H,10-11H2,1H3,(H,20,21)/t17-,18-/m0/s1. The van der Waals surface area contributed by atoms with Crippen molar-refractivity contribution >= 4 is 11.6 Å². The van der Waals surface area contributed by atoms with E-state index in [9.17, 15) is 9.90 Å². The second-order valence-electron chi connectivity index (χ2n) is 5.71. The van der Waals surface area contributed by atoms with Crippen LogP contribution in [0.15, 0.2) is 48.5 Å². The van der Waals surface area contributed by atoms with Crippen LogP contribution in [-0.2, 0) is 17.8 Å². The van der Waals surface area contributed by atoms with Crippen LogP contribution in [0.2, 0.25) is 0 Å². The molecule has 0 aliphatic heterocycles. The summed E-state index contributed by atoms with van der Waals surface area (Å²) in [6, 6.07) is 15.9. The number of nitrogens with one attached hydrogen (secondary N) is 2. The molecule has 3 N–H and O–H groups in total. The van der Waals surface area contributed by atoms with E-state index in [1.807, 2.05) is 36.4 Å². The van der Waals surface area contributed by atoms with Gasteiger partial charge in [-0.25, -0.2) is 0 Å². The summed E-state index contributed by atoms with van der Waals surface area (Å²) in [6.07, 6.45) is 0.325. The van der Waals surface area contributed by atoms with E-state index in [1.54, 1.807) is 0 Å². The Bertz CT molecular complexity index is 667. The van der Waals surface area contributed by atoms with E-state index < -0.39 is 0 Å². The molecule has 2 aromatic carbocycles. The highest BCUT2D eigenvalue weighted by Gasteiger charge is 2.29. The summed E-state index contributed by atoms with van der Waals surface area (Å²) >= 11 is 0. The third-order valence-corrected chi connectivity index (χ3v) is 4.00. The summed E-state index contributed by atoms with van der Waals surface area (Å²) < 4.78 is 0. The van der Waals surface area contributed by atoms with Crippen molar-refractivity contribution in [1.29, 1.82) is 0 Å². The predicted molar refractivity (Wildman–Crippen MR) is 86.5 cm³/mol. The number of aliphatic hydroxyl groups is 1. The van der Waals surface area contributed by atoms with E-state index in [-0.39, 0.29) is 18.1 Å². The number of hydrogen-bond acceptors (Lipinski definition) is 3. The molecular formula is C18H20N2O2. The van der Waals surface area contributed by atoms with Crippen LogP contribution in [0.5, 0.6) is 0 Å². The van der Waals surface area contributed by atoms with Crippen LogP contribution in [0.1, 0.15) is 29.7 Å². The van der Waals surface area contributed by atoms with Crippen LogP contribution in [0.25, 0.3) is 0 Å². The van der Waals surface area contributed by atoms with Gasteiger partial charge < -0.3 is 15.7 Å². The van der Waals surface area contributed by atoms with Crippen molar-refractivity contribution in [1.82, 2.24) is 5.32 Å². The average molecular weight is 296 g/mol. The SMILES string of the molecule is CC(=O)Nc1ccc(CN[C@H]2c3ccccc3C[C@@H]2O)cc1. The normalized spacial score (nSPS) is 19.7. The zero-order chi connectivity index (χ0) is 15.5. The smallest absolute Gasteiger partial charge is 0.221 e. The van der Waals surface area contributed by atoms with Crippen molar-refractivity contribution in [2.24, 2.45) is 0 Å². The zero-order valence-corrected chi connectivity index (χ0v) is 12.5. The van der Waals surface area contributed by atoms with E-state index in [4.69, 9.17) is 0 Å². The van der Waals surface area contributed by atoms with Gasteiger partial charge in [-0.3, -0.25) is 4.79 Å². The number of amides is 1. The number of rotatable bonds is 4. The van der Waals surface area contributed by atoms with E-state index in [0.29, 0.717) is 13.0 Å². The van der Waals surface area contributed by atoms with E-state index in [2.05, 4.69) is 22.8 Å². The summed E-state index contributed by atoms with van der Waals surface area (Å²) in [6.45, 7) is 2.17. The van der Waals surface area contributed by atoms with Crippen molar-refractivity contribution in [3.05, 3.63) is 65.2 Å². The lowest BCUT2D eigenvalue weighted by atomic mass is 10.1. The van der Waals surface area contributed by atoms with Crippen molar-refractivity contribution in [3.8, 4) is 0 Å². The molecule has 1 aliphatic carbocycles. The molecule has 0 heterocycles. The first-order valence-corrected chi connectivity index (χ1v) is 7.49. The highest BCUT2D eigenvalue weighted by Crippen LogP contribution is 2.31. The molecule has 114 valence electrons. The predicted octanol–water partition coefficient (Wildman–Crippen LogP) is 2.39. The zero-order valence-electron chi connectivity index (χ0n) is 12.5. The van der Waals surface area contributed by atoms with Crippen molar-refractivity contribution in [3.63, 3.8) is 0 Å². The molecule has 0 fully saturated rings. The first kappa shape index (κ1) is 14.8. The lowest BCUT2D eigenvalue weighted by Gasteiger charge is -2.18. The van der Waals surface area contributed by atoms with Crippen molar-refractivity contribution < 1.29 is 9.90 Å². The maximum absolute atomic E-state index is 11.0. The monoisotopic (exact) mass is 296 g/mol. The Morgan fingerprint density at radius 3 is 2.64 bits per heavy atom. The van der Waals surface area contributed by atoms with E-state index in [1.165, 1.54) is 18.1 Å². The molecule has 3 rings (SSSR count). The molecule has 0 unspecified atom stereocenters. The van der Waals surface area contributed by atoms with Crippen molar-refractivity contribution in [2.45, 2.75) is 32.0 Å². The van der Waals surface area contributed by atoms with Gasteiger partial charge in [0.2, 0.25) is 5.91 Å². The number of anilines is 1. The van der Waals surface area contributed by atoms with E-state index >= 15 is 0 Å². The molecule has 4 nitrogen and oxygen atoms in total. The topological polar surface area (TPSA) is 61.4 Å². The average Bonchev–Trinajstić information content (AvgIpc) is 2.81. The molecule has 0 saturated carbocycles. The van der Waals surface area contributed by atoms with Gasteiger partial charge in [-0.15, -0.1) is 0 Å². The van der Waals surface area contributed by atoms with Gasteiger partial charge in [0.15, 0.2) is 0 Å². The minimum absolute atomic E-state index is 0.0220. The highest BCUT2D eigenvalue weighted by atomic mass is 16.3. The van der Waals surface area contributed by atoms with Crippen LogP contribution in [0, 0.1) is 0 Å². The molecule has 2 atom stereocenters.